The van der Waals surface area contributed by atoms with Crippen LogP contribution in [0.25, 0.3) is 0 Å². The van der Waals surface area contributed by atoms with Gasteiger partial charge in [0, 0.05) is 18.8 Å². The third-order valence-corrected chi connectivity index (χ3v) is 6.76. The monoisotopic (exact) mass is 402 g/mol. The van der Waals surface area contributed by atoms with E-state index in [-0.39, 0.29) is 10.8 Å². The van der Waals surface area contributed by atoms with Crippen molar-refractivity contribution in [2.75, 3.05) is 18.4 Å². The number of nitrogens with zero attached hydrogens (tertiary/aromatic N) is 1. The molecule has 2 aromatic rings. The number of amides is 1. The van der Waals surface area contributed by atoms with E-state index in [1.165, 1.54) is 16.4 Å². The number of hydrogen-bond acceptors (Lipinski definition) is 4. The molecule has 7 heteroatoms. The molecule has 0 saturated carbocycles. The first-order valence-corrected chi connectivity index (χ1v) is 11.0. The zero-order valence-electron chi connectivity index (χ0n) is 16.2. The third-order valence-electron chi connectivity index (χ3n) is 4.85. The summed E-state index contributed by atoms with van der Waals surface area (Å²) in [6, 6.07) is 13.9. The highest BCUT2D eigenvalue weighted by Crippen LogP contribution is 2.23. The maximum absolute atomic E-state index is 12.6. The molecule has 0 aliphatic carbocycles. The van der Waals surface area contributed by atoms with Gasteiger partial charge in [0.1, 0.15) is 5.75 Å². The number of sulfonamides is 1. The molecule has 0 bridgehead atoms. The molecular weight excluding hydrogens is 376 g/mol. The molecular formula is C21H26N2O4S. The van der Waals surface area contributed by atoms with Crippen LogP contribution in [0, 0.1) is 0 Å². The summed E-state index contributed by atoms with van der Waals surface area (Å²) < 4.78 is 32.4. The summed E-state index contributed by atoms with van der Waals surface area (Å²) in [4.78, 5) is 12.7. The SMILES string of the molecule is CCc1ccccc1OC(C)C(=O)Nc1ccc(S(=O)(=O)N2CCCC2)cc1. The molecule has 1 heterocycles. The van der Waals surface area contributed by atoms with Crippen LogP contribution in [0.5, 0.6) is 5.75 Å². The van der Waals surface area contributed by atoms with Crippen molar-refractivity contribution in [2.24, 2.45) is 0 Å². The van der Waals surface area contributed by atoms with Crippen LogP contribution in [0.3, 0.4) is 0 Å². The molecule has 1 aliphatic rings. The lowest BCUT2D eigenvalue weighted by molar-refractivity contribution is -0.122. The Kier molecular flexibility index (Phi) is 6.36. The second-order valence-corrected chi connectivity index (χ2v) is 8.78. The van der Waals surface area contributed by atoms with Gasteiger partial charge in [0.2, 0.25) is 10.0 Å². The van der Waals surface area contributed by atoms with Crippen LogP contribution in [-0.2, 0) is 21.2 Å². The van der Waals surface area contributed by atoms with Crippen molar-refractivity contribution >= 4 is 21.6 Å². The Hall–Kier alpha value is -2.38. The van der Waals surface area contributed by atoms with Crippen molar-refractivity contribution in [3.05, 3.63) is 54.1 Å². The van der Waals surface area contributed by atoms with Crippen molar-refractivity contribution in [3.8, 4) is 5.75 Å². The van der Waals surface area contributed by atoms with E-state index in [0.717, 1.165) is 24.8 Å². The maximum atomic E-state index is 12.6. The predicted octanol–water partition coefficient (Wildman–Crippen LogP) is 3.44. The second kappa shape index (κ2) is 8.75. The van der Waals surface area contributed by atoms with E-state index in [9.17, 15) is 13.2 Å². The van der Waals surface area contributed by atoms with Gasteiger partial charge < -0.3 is 10.1 Å². The first kappa shape index (κ1) is 20.4. The normalized spacial score (nSPS) is 15.9. The Morgan fingerprint density at radius 3 is 2.39 bits per heavy atom. The number of aryl methyl sites for hydroxylation is 1. The average molecular weight is 403 g/mol. The highest BCUT2D eigenvalue weighted by Gasteiger charge is 2.27. The lowest BCUT2D eigenvalue weighted by atomic mass is 10.1. The van der Waals surface area contributed by atoms with Gasteiger partial charge in [-0.05, 0) is 62.1 Å². The van der Waals surface area contributed by atoms with Gasteiger partial charge in [-0.2, -0.15) is 4.31 Å². The average Bonchev–Trinajstić information content (AvgIpc) is 3.24. The Morgan fingerprint density at radius 2 is 1.75 bits per heavy atom. The molecule has 150 valence electrons. The standard InChI is InChI=1S/C21H26N2O4S/c1-3-17-8-4-5-9-20(17)27-16(2)21(24)22-18-10-12-19(13-11-18)28(25,26)23-14-6-7-15-23/h4-5,8-13,16H,3,6-7,14-15H2,1-2H3,(H,22,24). The number of anilines is 1. The minimum atomic E-state index is -3.45. The van der Waals surface area contributed by atoms with Gasteiger partial charge in [0.15, 0.2) is 6.10 Å². The molecule has 1 amide bonds. The molecule has 2 aromatic carbocycles. The van der Waals surface area contributed by atoms with Crippen LogP contribution in [0.2, 0.25) is 0 Å². The molecule has 1 unspecified atom stereocenters. The van der Waals surface area contributed by atoms with E-state index in [0.29, 0.717) is 24.5 Å². The molecule has 1 saturated heterocycles. The fourth-order valence-corrected chi connectivity index (χ4v) is 4.70. The molecule has 0 radical (unpaired) electrons. The molecule has 1 fully saturated rings. The highest BCUT2D eigenvalue weighted by atomic mass is 32.2. The van der Waals surface area contributed by atoms with Crippen LogP contribution in [0.4, 0.5) is 5.69 Å². The Morgan fingerprint density at radius 1 is 1.11 bits per heavy atom. The van der Waals surface area contributed by atoms with Crippen molar-refractivity contribution < 1.29 is 17.9 Å². The zero-order valence-corrected chi connectivity index (χ0v) is 17.0. The molecule has 0 spiro atoms. The minimum Gasteiger partial charge on any atom is -0.481 e. The Bertz CT molecular complexity index is 920. The number of rotatable bonds is 7. The Labute approximate surface area is 166 Å². The van der Waals surface area contributed by atoms with Crippen molar-refractivity contribution in [3.63, 3.8) is 0 Å². The predicted molar refractivity (Wildman–Crippen MR) is 109 cm³/mol. The molecule has 6 nitrogen and oxygen atoms in total. The molecule has 1 atom stereocenters. The van der Waals surface area contributed by atoms with Gasteiger partial charge in [-0.3, -0.25) is 4.79 Å². The summed E-state index contributed by atoms with van der Waals surface area (Å²) in [5, 5.41) is 2.78. The number of ether oxygens (including phenoxy) is 1. The van der Waals surface area contributed by atoms with Gasteiger partial charge in [0.05, 0.1) is 4.90 Å². The van der Waals surface area contributed by atoms with E-state index < -0.39 is 16.1 Å². The van der Waals surface area contributed by atoms with E-state index in [4.69, 9.17) is 4.74 Å². The summed E-state index contributed by atoms with van der Waals surface area (Å²) in [5.74, 6) is 0.403. The number of nitrogens with one attached hydrogen (secondary N) is 1. The quantitative estimate of drug-likeness (QED) is 0.770. The van der Waals surface area contributed by atoms with Crippen LogP contribution >= 0.6 is 0 Å². The highest BCUT2D eigenvalue weighted by molar-refractivity contribution is 7.89. The van der Waals surface area contributed by atoms with Crippen LogP contribution < -0.4 is 10.1 Å². The maximum Gasteiger partial charge on any atom is 0.265 e. The number of para-hydroxylation sites is 1. The summed E-state index contributed by atoms with van der Waals surface area (Å²) in [7, 11) is -3.45. The van der Waals surface area contributed by atoms with Crippen LogP contribution in [0.1, 0.15) is 32.3 Å². The number of benzene rings is 2. The first-order chi connectivity index (χ1) is 13.4. The van der Waals surface area contributed by atoms with Crippen molar-refractivity contribution in [1.29, 1.82) is 0 Å². The van der Waals surface area contributed by atoms with Gasteiger partial charge in [-0.25, -0.2) is 8.42 Å². The molecule has 0 aromatic heterocycles. The number of hydrogen-bond donors (Lipinski definition) is 1. The van der Waals surface area contributed by atoms with Gasteiger partial charge in [-0.15, -0.1) is 0 Å². The number of carbonyl (C=O) groups is 1. The fraction of sp³-hybridized carbons (Fsp3) is 0.381. The van der Waals surface area contributed by atoms with E-state index in [2.05, 4.69) is 5.32 Å². The molecule has 3 rings (SSSR count). The summed E-state index contributed by atoms with van der Waals surface area (Å²) >= 11 is 0. The molecule has 1 aliphatic heterocycles. The minimum absolute atomic E-state index is 0.244. The van der Waals surface area contributed by atoms with Gasteiger partial charge >= 0.3 is 0 Å². The largest absolute Gasteiger partial charge is 0.481 e. The van der Waals surface area contributed by atoms with Crippen LogP contribution in [0.15, 0.2) is 53.4 Å². The zero-order chi connectivity index (χ0) is 20.1. The fourth-order valence-electron chi connectivity index (χ4n) is 3.19. The first-order valence-electron chi connectivity index (χ1n) is 9.57. The van der Waals surface area contributed by atoms with Crippen molar-refractivity contribution in [1.82, 2.24) is 4.31 Å². The van der Waals surface area contributed by atoms with E-state index >= 15 is 0 Å². The van der Waals surface area contributed by atoms with E-state index in [1.54, 1.807) is 19.1 Å². The molecule has 1 N–H and O–H groups in total. The lowest BCUT2D eigenvalue weighted by Crippen LogP contribution is -2.30. The Balaban J connectivity index is 1.64. The molecule has 28 heavy (non-hydrogen) atoms. The number of carbonyl (C=O) groups excluding carboxylic acids is 1. The third kappa shape index (κ3) is 4.54. The van der Waals surface area contributed by atoms with Gasteiger partial charge in [0.25, 0.3) is 5.91 Å². The smallest absolute Gasteiger partial charge is 0.265 e. The van der Waals surface area contributed by atoms with Crippen molar-refractivity contribution in [2.45, 2.75) is 44.1 Å². The topological polar surface area (TPSA) is 75.7 Å². The summed E-state index contributed by atoms with van der Waals surface area (Å²) in [5.41, 5.74) is 1.57. The summed E-state index contributed by atoms with van der Waals surface area (Å²) in [6.45, 7) is 4.85. The van der Waals surface area contributed by atoms with Gasteiger partial charge in [-0.1, -0.05) is 25.1 Å². The second-order valence-electron chi connectivity index (χ2n) is 6.85. The van der Waals surface area contributed by atoms with E-state index in [1.807, 2.05) is 31.2 Å². The van der Waals surface area contributed by atoms with Crippen LogP contribution in [-0.4, -0.2) is 37.8 Å². The lowest BCUT2D eigenvalue weighted by Gasteiger charge is -2.18. The summed E-state index contributed by atoms with van der Waals surface area (Å²) in [6.07, 6.45) is 1.93.